The molecule has 0 bridgehead atoms. The second-order valence-electron chi connectivity index (χ2n) is 6.71. The number of halogens is 1. The quantitative estimate of drug-likeness (QED) is 0.284. The third-order valence-electron chi connectivity index (χ3n) is 4.65. The number of allylic oxidation sites excluding steroid dienone is 1. The van der Waals surface area contributed by atoms with Crippen LogP contribution in [0.25, 0.3) is 4.85 Å². The summed E-state index contributed by atoms with van der Waals surface area (Å²) in [5.74, 6) is -0.190. The lowest BCUT2D eigenvalue weighted by Crippen LogP contribution is -2.25. The Morgan fingerprint density at radius 3 is 2.67 bits per heavy atom. The van der Waals surface area contributed by atoms with Gasteiger partial charge in [-0.15, -0.1) is 6.58 Å². The van der Waals surface area contributed by atoms with E-state index in [9.17, 15) is 9.18 Å². The molecule has 2 rings (SSSR count). The van der Waals surface area contributed by atoms with Crippen LogP contribution < -0.4 is 4.74 Å². The highest BCUT2D eigenvalue weighted by molar-refractivity contribution is 5.75. The van der Waals surface area contributed by atoms with Crippen LogP contribution in [0.4, 0.5) is 10.1 Å². The molecule has 1 fully saturated rings. The zero-order chi connectivity index (χ0) is 17.5. The number of hydrogen-bond donors (Lipinski definition) is 0. The minimum atomic E-state index is -0.656. The summed E-state index contributed by atoms with van der Waals surface area (Å²) in [5.41, 5.74) is 1.16. The van der Waals surface area contributed by atoms with Gasteiger partial charge in [-0.1, -0.05) is 12.0 Å². The molecule has 1 aliphatic rings. The predicted molar refractivity (Wildman–Crippen MR) is 92.4 cm³/mol. The fourth-order valence-corrected chi connectivity index (χ4v) is 3.22. The van der Waals surface area contributed by atoms with Crippen LogP contribution in [0.1, 0.15) is 51.9 Å². The summed E-state index contributed by atoms with van der Waals surface area (Å²) in [6, 6.07) is 3.91. The normalized spacial score (nSPS) is 20.2. The van der Waals surface area contributed by atoms with Crippen molar-refractivity contribution in [1.82, 2.24) is 0 Å². The molecule has 1 aromatic rings. The number of esters is 1. The van der Waals surface area contributed by atoms with Crippen molar-refractivity contribution in [3.05, 3.63) is 47.6 Å². The Morgan fingerprint density at radius 2 is 2.08 bits per heavy atom. The highest BCUT2D eigenvalue weighted by atomic mass is 19.1. The van der Waals surface area contributed by atoms with Gasteiger partial charge in [0.25, 0.3) is 0 Å². The molecular formula is C20H24FNO2. The van der Waals surface area contributed by atoms with Gasteiger partial charge in [-0.2, -0.15) is 0 Å². The van der Waals surface area contributed by atoms with Crippen molar-refractivity contribution in [2.75, 3.05) is 0 Å². The molecule has 128 valence electrons. The Labute approximate surface area is 143 Å². The van der Waals surface area contributed by atoms with E-state index >= 15 is 0 Å². The second-order valence-corrected chi connectivity index (χ2v) is 6.71. The van der Waals surface area contributed by atoms with Crippen molar-refractivity contribution < 1.29 is 13.9 Å². The molecule has 0 radical (unpaired) electrons. The molecule has 0 atom stereocenters. The van der Waals surface area contributed by atoms with E-state index in [2.05, 4.69) is 18.3 Å². The van der Waals surface area contributed by atoms with Gasteiger partial charge < -0.3 is 4.74 Å². The van der Waals surface area contributed by atoms with Crippen molar-refractivity contribution >= 4 is 11.7 Å². The number of carbonyl (C=O) groups is 1. The fraction of sp³-hybridized carbons (Fsp3) is 0.500. The molecule has 0 heterocycles. The second kappa shape index (κ2) is 8.63. The number of nitrogens with zero attached hydrogens (tertiary/aromatic N) is 1. The van der Waals surface area contributed by atoms with Crippen LogP contribution in [0.2, 0.25) is 0 Å². The van der Waals surface area contributed by atoms with Crippen molar-refractivity contribution in [2.24, 2.45) is 11.8 Å². The van der Waals surface area contributed by atoms with Crippen LogP contribution in [0, 0.1) is 24.2 Å². The first-order valence-corrected chi connectivity index (χ1v) is 8.52. The van der Waals surface area contributed by atoms with Crippen molar-refractivity contribution in [3.8, 4) is 5.75 Å². The molecule has 1 aliphatic carbocycles. The van der Waals surface area contributed by atoms with Crippen LogP contribution >= 0.6 is 0 Å². The van der Waals surface area contributed by atoms with Gasteiger partial charge in [0.1, 0.15) is 11.6 Å². The Hall–Kier alpha value is -2.15. The van der Waals surface area contributed by atoms with E-state index in [-0.39, 0.29) is 23.3 Å². The van der Waals surface area contributed by atoms with E-state index in [0.717, 1.165) is 38.2 Å². The van der Waals surface area contributed by atoms with Gasteiger partial charge in [-0.25, -0.2) is 9.24 Å². The Balaban J connectivity index is 1.79. The van der Waals surface area contributed by atoms with Crippen molar-refractivity contribution in [3.63, 3.8) is 0 Å². The molecule has 0 amide bonds. The first-order valence-electron chi connectivity index (χ1n) is 8.52. The third-order valence-corrected chi connectivity index (χ3v) is 4.65. The summed E-state index contributed by atoms with van der Waals surface area (Å²) >= 11 is 0. The number of ether oxygens (including phenoxy) is 1. The minimum absolute atomic E-state index is 0.0648. The summed E-state index contributed by atoms with van der Waals surface area (Å²) in [6.45, 7) is 12.8. The molecule has 1 saturated carbocycles. The number of carbonyl (C=O) groups excluding carboxylic acids is 1. The lowest BCUT2D eigenvalue weighted by Gasteiger charge is -2.27. The zero-order valence-electron chi connectivity index (χ0n) is 14.2. The smallest absolute Gasteiger partial charge is 0.314 e. The van der Waals surface area contributed by atoms with E-state index in [4.69, 9.17) is 11.3 Å². The Kier molecular flexibility index (Phi) is 6.54. The van der Waals surface area contributed by atoms with Gasteiger partial charge in [0, 0.05) is 6.07 Å². The van der Waals surface area contributed by atoms with E-state index in [0.29, 0.717) is 5.92 Å². The molecule has 0 saturated heterocycles. The fourth-order valence-electron chi connectivity index (χ4n) is 3.22. The standard InChI is InChI=1S/C20H24FNO2/c1-14(2)5-4-6-15-7-9-16(10-8-15)20(23)24-17-11-12-19(22-3)18(21)13-17/h11-13,15-16H,1,4-10H2,2H3. The summed E-state index contributed by atoms with van der Waals surface area (Å²) < 4.78 is 18.8. The molecule has 0 aliphatic heterocycles. The van der Waals surface area contributed by atoms with E-state index in [1.165, 1.54) is 30.5 Å². The highest BCUT2D eigenvalue weighted by Gasteiger charge is 2.27. The lowest BCUT2D eigenvalue weighted by molar-refractivity contribution is -0.140. The van der Waals surface area contributed by atoms with Gasteiger partial charge in [0.15, 0.2) is 0 Å². The molecule has 0 unspecified atom stereocenters. The predicted octanol–water partition coefficient (Wildman–Crippen LogP) is 5.83. The maximum absolute atomic E-state index is 13.6. The SMILES string of the molecule is [C-]#[N+]c1ccc(OC(=O)C2CCC(CCCC(=C)C)CC2)cc1F. The monoisotopic (exact) mass is 329 g/mol. The molecule has 3 nitrogen and oxygen atoms in total. The summed E-state index contributed by atoms with van der Waals surface area (Å²) in [4.78, 5) is 15.3. The van der Waals surface area contributed by atoms with Gasteiger partial charge >= 0.3 is 5.97 Å². The van der Waals surface area contributed by atoms with Crippen LogP contribution in [0.3, 0.4) is 0 Å². The molecule has 0 N–H and O–H groups in total. The van der Waals surface area contributed by atoms with Gasteiger partial charge in [0.05, 0.1) is 12.5 Å². The molecule has 0 aromatic heterocycles. The van der Waals surface area contributed by atoms with Crippen LogP contribution in [0.5, 0.6) is 5.75 Å². The summed E-state index contributed by atoms with van der Waals surface area (Å²) in [6.07, 6.45) is 7.19. The lowest BCUT2D eigenvalue weighted by atomic mass is 9.79. The Morgan fingerprint density at radius 1 is 1.38 bits per heavy atom. The van der Waals surface area contributed by atoms with Crippen LogP contribution in [-0.4, -0.2) is 5.97 Å². The first kappa shape index (κ1) is 18.2. The molecule has 1 aromatic carbocycles. The number of hydrogen-bond acceptors (Lipinski definition) is 2. The average molecular weight is 329 g/mol. The van der Waals surface area contributed by atoms with E-state index < -0.39 is 5.82 Å². The first-order chi connectivity index (χ1) is 11.5. The molecular weight excluding hydrogens is 305 g/mol. The summed E-state index contributed by atoms with van der Waals surface area (Å²) in [5, 5.41) is 0. The van der Waals surface area contributed by atoms with Crippen LogP contribution in [0.15, 0.2) is 30.4 Å². The summed E-state index contributed by atoms with van der Waals surface area (Å²) in [7, 11) is 0. The number of rotatable bonds is 6. The zero-order valence-corrected chi connectivity index (χ0v) is 14.2. The van der Waals surface area contributed by atoms with Gasteiger partial charge in [0.2, 0.25) is 5.69 Å². The maximum atomic E-state index is 13.6. The topological polar surface area (TPSA) is 30.7 Å². The van der Waals surface area contributed by atoms with Crippen LogP contribution in [-0.2, 0) is 4.79 Å². The number of benzene rings is 1. The van der Waals surface area contributed by atoms with E-state index in [1.54, 1.807) is 0 Å². The van der Waals surface area contributed by atoms with E-state index in [1.807, 2.05) is 0 Å². The van der Waals surface area contributed by atoms with Crippen molar-refractivity contribution in [2.45, 2.75) is 51.9 Å². The maximum Gasteiger partial charge on any atom is 0.314 e. The largest absolute Gasteiger partial charge is 0.426 e. The molecule has 24 heavy (non-hydrogen) atoms. The van der Waals surface area contributed by atoms with Gasteiger partial charge in [-0.3, -0.25) is 4.79 Å². The molecule has 0 spiro atoms. The van der Waals surface area contributed by atoms with Crippen molar-refractivity contribution in [1.29, 1.82) is 0 Å². The Bertz CT molecular complexity index is 640. The minimum Gasteiger partial charge on any atom is -0.426 e. The van der Waals surface area contributed by atoms with Gasteiger partial charge in [-0.05, 0) is 63.5 Å². The highest BCUT2D eigenvalue weighted by Crippen LogP contribution is 2.33. The molecule has 4 heteroatoms. The average Bonchev–Trinajstić information content (AvgIpc) is 2.55. The third kappa shape index (κ3) is 5.19.